The van der Waals surface area contributed by atoms with Crippen LogP contribution in [-0.4, -0.2) is 46.8 Å². The van der Waals surface area contributed by atoms with E-state index in [-0.39, 0.29) is 18.3 Å². The van der Waals surface area contributed by atoms with E-state index in [4.69, 9.17) is 9.47 Å². The highest BCUT2D eigenvalue weighted by molar-refractivity contribution is 5.75. The summed E-state index contributed by atoms with van der Waals surface area (Å²) in [5.41, 5.74) is 2.45. The number of carbonyl (C=O) groups is 1. The van der Waals surface area contributed by atoms with Crippen LogP contribution in [0.25, 0.3) is 0 Å². The van der Waals surface area contributed by atoms with Gasteiger partial charge in [-0.25, -0.2) is 0 Å². The average molecular weight is 407 g/mol. The van der Waals surface area contributed by atoms with Crippen LogP contribution >= 0.6 is 0 Å². The number of amides is 1. The van der Waals surface area contributed by atoms with Crippen LogP contribution in [0.15, 0.2) is 48.5 Å². The second-order valence-electron chi connectivity index (χ2n) is 6.73. The molecule has 2 rings (SSSR count). The molecule has 0 aliphatic carbocycles. The van der Waals surface area contributed by atoms with Crippen LogP contribution in [0.4, 0.5) is 0 Å². The van der Waals surface area contributed by atoms with Gasteiger partial charge in [-0.1, -0.05) is 36.4 Å². The SMILES string of the molecule is COc1ccc(CC[NH+](C)CCC(=O)NCCc2ccccc2)cc1OC.[Cl-]. The zero-order valence-electron chi connectivity index (χ0n) is 17.0. The van der Waals surface area contributed by atoms with Crippen LogP contribution in [0.2, 0.25) is 0 Å². The Morgan fingerprint density at radius 3 is 2.32 bits per heavy atom. The third-order valence-electron chi connectivity index (χ3n) is 4.65. The molecular weight excluding hydrogens is 376 g/mol. The topological polar surface area (TPSA) is 52.0 Å². The summed E-state index contributed by atoms with van der Waals surface area (Å²) in [5.74, 6) is 1.62. The number of nitrogens with one attached hydrogen (secondary N) is 2. The fourth-order valence-electron chi connectivity index (χ4n) is 2.93. The standard InChI is InChI=1S/C22H30N2O3.ClH/c1-24(15-12-19-9-10-20(26-2)21(17-19)27-3)16-13-22(25)23-14-11-18-7-5-4-6-8-18;/h4-10,17H,11-16H2,1-3H3,(H,23,25);1H. The van der Waals surface area contributed by atoms with Crippen LogP contribution in [0.3, 0.4) is 0 Å². The monoisotopic (exact) mass is 406 g/mol. The molecule has 28 heavy (non-hydrogen) atoms. The van der Waals surface area contributed by atoms with E-state index >= 15 is 0 Å². The average Bonchev–Trinajstić information content (AvgIpc) is 2.71. The molecule has 1 unspecified atom stereocenters. The van der Waals surface area contributed by atoms with Crippen LogP contribution in [-0.2, 0) is 17.6 Å². The predicted octanol–water partition coefficient (Wildman–Crippen LogP) is -1.49. The molecule has 0 spiro atoms. The zero-order chi connectivity index (χ0) is 19.5. The van der Waals surface area contributed by atoms with E-state index in [0.29, 0.717) is 13.0 Å². The van der Waals surface area contributed by atoms with E-state index in [0.717, 1.165) is 37.4 Å². The van der Waals surface area contributed by atoms with Crippen molar-refractivity contribution in [2.75, 3.05) is 40.9 Å². The lowest BCUT2D eigenvalue weighted by Crippen LogP contribution is -3.09. The van der Waals surface area contributed by atoms with E-state index in [1.807, 2.05) is 30.3 Å². The summed E-state index contributed by atoms with van der Waals surface area (Å²) in [6.45, 7) is 2.48. The molecule has 2 aromatic carbocycles. The number of rotatable bonds is 11. The molecule has 0 saturated carbocycles. The Kier molecular flexibility index (Phi) is 11.1. The van der Waals surface area contributed by atoms with E-state index in [2.05, 4.69) is 30.6 Å². The lowest BCUT2D eigenvalue weighted by molar-refractivity contribution is -0.878. The van der Waals surface area contributed by atoms with Gasteiger partial charge in [0.05, 0.1) is 40.8 Å². The number of halogens is 1. The first-order valence-corrected chi connectivity index (χ1v) is 9.45. The van der Waals surface area contributed by atoms with Gasteiger partial charge >= 0.3 is 0 Å². The minimum Gasteiger partial charge on any atom is -1.00 e. The third-order valence-corrected chi connectivity index (χ3v) is 4.65. The normalized spacial score (nSPS) is 11.2. The molecule has 0 bridgehead atoms. The van der Waals surface area contributed by atoms with E-state index < -0.39 is 0 Å². The minimum absolute atomic E-state index is 0. The summed E-state index contributed by atoms with van der Waals surface area (Å²) < 4.78 is 10.6. The summed E-state index contributed by atoms with van der Waals surface area (Å²) in [5, 5.41) is 3.01. The quantitative estimate of drug-likeness (QED) is 0.478. The van der Waals surface area contributed by atoms with Crippen LogP contribution in [0.5, 0.6) is 11.5 Å². The van der Waals surface area contributed by atoms with Crippen molar-refractivity contribution in [1.29, 1.82) is 0 Å². The molecule has 6 heteroatoms. The van der Waals surface area contributed by atoms with Gasteiger partial charge in [-0.15, -0.1) is 0 Å². The first-order valence-electron chi connectivity index (χ1n) is 9.45. The Morgan fingerprint density at radius 1 is 0.929 bits per heavy atom. The number of ether oxygens (including phenoxy) is 2. The van der Waals surface area contributed by atoms with Crippen LogP contribution in [0, 0.1) is 0 Å². The first kappa shape index (κ1) is 23.8. The lowest BCUT2D eigenvalue weighted by Gasteiger charge is -2.15. The molecule has 0 aliphatic rings. The fourth-order valence-corrected chi connectivity index (χ4v) is 2.93. The van der Waals surface area contributed by atoms with Gasteiger partial charge in [0, 0.05) is 13.0 Å². The van der Waals surface area contributed by atoms with Crippen molar-refractivity contribution >= 4 is 5.91 Å². The highest BCUT2D eigenvalue weighted by Gasteiger charge is 2.09. The Morgan fingerprint density at radius 2 is 1.64 bits per heavy atom. The molecular formula is C22H31ClN2O3. The van der Waals surface area contributed by atoms with Gasteiger partial charge < -0.3 is 32.1 Å². The maximum absolute atomic E-state index is 12.0. The van der Waals surface area contributed by atoms with Crippen molar-refractivity contribution in [2.24, 2.45) is 0 Å². The molecule has 0 saturated heterocycles. The van der Waals surface area contributed by atoms with Crippen molar-refractivity contribution in [3.63, 3.8) is 0 Å². The number of carbonyl (C=O) groups excluding carboxylic acids is 1. The Labute approximate surface area is 174 Å². The summed E-state index contributed by atoms with van der Waals surface area (Å²) in [7, 11) is 5.41. The van der Waals surface area contributed by atoms with Gasteiger partial charge in [-0.2, -0.15) is 0 Å². The van der Waals surface area contributed by atoms with E-state index in [1.54, 1.807) is 14.2 Å². The molecule has 2 N–H and O–H groups in total. The number of quaternary nitrogens is 1. The molecule has 2 aromatic rings. The highest BCUT2D eigenvalue weighted by atomic mass is 35.5. The van der Waals surface area contributed by atoms with E-state index in [1.165, 1.54) is 16.0 Å². The summed E-state index contributed by atoms with van der Waals surface area (Å²) in [6.07, 6.45) is 2.35. The Balaban J connectivity index is 0.00000392. The number of benzene rings is 2. The number of hydrogen-bond acceptors (Lipinski definition) is 3. The van der Waals surface area contributed by atoms with E-state index in [9.17, 15) is 4.79 Å². The molecule has 0 radical (unpaired) electrons. The minimum atomic E-state index is 0. The zero-order valence-corrected chi connectivity index (χ0v) is 17.7. The molecule has 0 fully saturated rings. The molecule has 5 nitrogen and oxygen atoms in total. The van der Waals surface area contributed by atoms with Crippen molar-refractivity contribution < 1.29 is 31.6 Å². The molecule has 1 atom stereocenters. The second kappa shape index (κ2) is 13.0. The summed E-state index contributed by atoms with van der Waals surface area (Å²) in [4.78, 5) is 13.3. The van der Waals surface area contributed by atoms with Crippen molar-refractivity contribution in [3.05, 3.63) is 59.7 Å². The fraction of sp³-hybridized carbons (Fsp3) is 0.409. The van der Waals surface area contributed by atoms with Gasteiger partial charge in [0.2, 0.25) is 5.91 Å². The molecule has 0 aromatic heterocycles. The summed E-state index contributed by atoms with van der Waals surface area (Å²) in [6, 6.07) is 16.2. The van der Waals surface area contributed by atoms with Crippen LogP contribution in [0.1, 0.15) is 17.5 Å². The van der Waals surface area contributed by atoms with Gasteiger partial charge in [-0.3, -0.25) is 4.79 Å². The lowest BCUT2D eigenvalue weighted by atomic mass is 10.1. The molecule has 0 aliphatic heterocycles. The number of hydrogen-bond donors (Lipinski definition) is 2. The maximum atomic E-state index is 12.0. The van der Waals surface area contributed by atoms with Crippen molar-refractivity contribution in [3.8, 4) is 11.5 Å². The van der Waals surface area contributed by atoms with Gasteiger partial charge in [0.25, 0.3) is 0 Å². The Bertz CT molecular complexity index is 710. The summed E-state index contributed by atoms with van der Waals surface area (Å²) >= 11 is 0. The highest BCUT2D eigenvalue weighted by Crippen LogP contribution is 2.27. The third kappa shape index (κ3) is 8.19. The van der Waals surface area contributed by atoms with Crippen molar-refractivity contribution in [2.45, 2.75) is 19.3 Å². The van der Waals surface area contributed by atoms with Gasteiger partial charge in [-0.05, 0) is 29.7 Å². The largest absolute Gasteiger partial charge is 1.00 e. The smallest absolute Gasteiger partial charge is 0.225 e. The van der Waals surface area contributed by atoms with Gasteiger partial charge in [0.15, 0.2) is 11.5 Å². The second-order valence-corrected chi connectivity index (χ2v) is 6.73. The molecule has 0 heterocycles. The van der Waals surface area contributed by atoms with Crippen molar-refractivity contribution in [1.82, 2.24) is 5.32 Å². The number of likely N-dealkylation sites (N-methyl/N-ethyl adjacent to an activating group) is 1. The van der Waals surface area contributed by atoms with Crippen LogP contribution < -0.4 is 32.1 Å². The molecule has 1 amide bonds. The maximum Gasteiger partial charge on any atom is 0.225 e. The van der Waals surface area contributed by atoms with Gasteiger partial charge in [0.1, 0.15) is 0 Å². The Hall–Kier alpha value is -2.24. The molecule has 154 valence electrons. The first-order chi connectivity index (χ1) is 13.1. The predicted molar refractivity (Wildman–Crippen MR) is 108 cm³/mol. The number of methoxy groups -OCH3 is 2.